The Hall–Kier alpha value is -3.91. The zero-order valence-corrected chi connectivity index (χ0v) is 28.7. The largest absolute Gasteiger partial charge is 0.381 e. The number of hydrogen-bond donors (Lipinski definition) is 0. The van der Waals surface area contributed by atoms with E-state index < -0.39 is 9.85 Å². The van der Waals surface area contributed by atoms with Crippen LogP contribution in [0.2, 0.25) is 5.02 Å². The molecule has 1 saturated carbocycles. The SMILES string of the molecule is C1CCOC1.CCN(CC)CC.N#CC1CCCCC1.N#CC1CCN(c2ccncc2[N+](=O)[O-])CC1.O=[N+]([O-])c1cnccc1Cl. The van der Waals surface area contributed by atoms with Crippen molar-refractivity contribution in [3.8, 4) is 12.1 Å². The van der Waals surface area contributed by atoms with Crippen LogP contribution in [0.15, 0.2) is 36.9 Å². The van der Waals surface area contributed by atoms with E-state index >= 15 is 0 Å². The van der Waals surface area contributed by atoms with Gasteiger partial charge in [0.1, 0.15) is 23.1 Å². The standard InChI is InChI=1S/C11H12N4O2.C7H11N.C6H15N.C5H3ClN2O2.C4H8O/c12-7-9-2-5-14(6-3-9)10-1-4-13-8-11(10)15(16)17;8-6-7-4-2-1-3-5-7;1-4-7(5-2)6-3;6-4-1-2-7-3-5(4)8(9)10;1-2-4-5-3-1/h1,4,8-9H,2-3,5-6H2;7H,1-5H2;4-6H2,1-3H3;1-3H;1-4H2. The summed E-state index contributed by atoms with van der Waals surface area (Å²) in [5, 5.41) is 38.3. The van der Waals surface area contributed by atoms with Gasteiger partial charge in [0.05, 0.1) is 22.0 Å². The molecule has 3 fully saturated rings. The van der Waals surface area contributed by atoms with Crippen LogP contribution in [0.5, 0.6) is 0 Å². The number of nitrogens with zero attached hydrogens (tertiary/aromatic N) is 8. The maximum atomic E-state index is 10.9. The zero-order valence-electron chi connectivity index (χ0n) is 27.9. The Morgan fingerprint density at radius 2 is 1.32 bits per heavy atom. The van der Waals surface area contributed by atoms with Gasteiger partial charge in [-0.25, -0.2) is 0 Å². The number of ether oxygens (including phenoxy) is 1. The lowest BCUT2D eigenvalue weighted by Crippen LogP contribution is -2.33. The molecule has 0 N–H and O–H groups in total. The van der Waals surface area contributed by atoms with Crippen molar-refractivity contribution in [2.45, 2.75) is 78.6 Å². The molecule has 1 aliphatic carbocycles. The molecule has 2 aromatic rings. The highest BCUT2D eigenvalue weighted by atomic mass is 35.5. The number of hydrogen-bond acceptors (Lipinski definition) is 11. The van der Waals surface area contributed by atoms with Crippen LogP contribution in [0.25, 0.3) is 0 Å². The second-order valence-electron chi connectivity index (χ2n) is 11.0. The smallest absolute Gasteiger partial charge is 0.310 e. The van der Waals surface area contributed by atoms with Gasteiger partial charge in [-0.2, -0.15) is 10.5 Å². The Bertz CT molecular complexity index is 1240. The molecule has 2 saturated heterocycles. The van der Waals surface area contributed by atoms with E-state index in [2.05, 4.69) is 47.8 Å². The van der Waals surface area contributed by atoms with Gasteiger partial charge >= 0.3 is 11.4 Å². The van der Waals surface area contributed by atoms with Crippen LogP contribution >= 0.6 is 11.6 Å². The summed E-state index contributed by atoms with van der Waals surface area (Å²) < 4.78 is 4.94. The molecule has 4 heterocycles. The lowest BCUT2D eigenvalue weighted by molar-refractivity contribution is -0.385. The minimum absolute atomic E-state index is 0.0305. The molecule has 47 heavy (non-hydrogen) atoms. The molecule has 0 unspecified atom stereocenters. The summed E-state index contributed by atoms with van der Waals surface area (Å²) in [7, 11) is 0. The summed E-state index contributed by atoms with van der Waals surface area (Å²) in [5.41, 5.74) is 0.466. The molecule has 0 radical (unpaired) electrons. The maximum absolute atomic E-state index is 10.9. The summed E-state index contributed by atoms with van der Waals surface area (Å²) in [4.78, 5) is 31.6. The van der Waals surface area contributed by atoms with E-state index in [-0.39, 0.29) is 22.3 Å². The van der Waals surface area contributed by atoms with E-state index in [0.717, 1.165) is 45.1 Å². The fourth-order valence-electron chi connectivity index (χ4n) is 4.95. The van der Waals surface area contributed by atoms with Crippen LogP contribution in [-0.2, 0) is 4.74 Å². The predicted molar refractivity (Wildman–Crippen MR) is 183 cm³/mol. The lowest BCUT2D eigenvalue weighted by Gasteiger charge is -2.30. The van der Waals surface area contributed by atoms with Crippen LogP contribution in [0.3, 0.4) is 0 Å². The van der Waals surface area contributed by atoms with Crippen molar-refractivity contribution in [2.24, 2.45) is 11.8 Å². The maximum Gasteiger partial charge on any atom is 0.310 e. The Labute approximate surface area is 283 Å². The Kier molecular flexibility index (Phi) is 22.1. The summed E-state index contributed by atoms with van der Waals surface area (Å²) in [5.74, 6) is 0.468. The number of nitro groups is 2. The summed E-state index contributed by atoms with van der Waals surface area (Å²) in [6.45, 7) is 13.5. The molecule has 3 aliphatic rings. The van der Waals surface area contributed by atoms with E-state index in [0.29, 0.717) is 24.7 Å². The molecule has 14 heteroatoms. The minimum Gasteiger partial charge on any atom is -0.381 e. The normalized spacial score (nSPS) is 15.9. The molecule has 5 rings (SSSR count). The molecule has 0 amide bonds. The van der Waals surface area contributed by atoms with Crippen molar-refractivity contribution in [1.29, 1.82) is 10.5 Å². The van der Waals surface area contributed by atoms with Crippen molar-refractivity contribution >= 4 is 28.7 Å². The van der Waals surface area contributed by atoms with Gasteiger partial charge in [-0.3, -0.25) is 30.2 Å². The third-order valence-electron chi connectivity index (χ3n) is 7.89. The van der Waals surface area contributed by atoms with Crippen LogP contribution in [0.4, 0.5) is 17.1 Å². The second-order valence-corrected chi connectivity index (χ2v) is 11.4. The highest BCUT2D eigenvalue weighted by Crippen LogP contribution is 2.30. The lowest BCUT2D eigenvalue weighted by atomic mass is 9.91. The van der Waals surface area contributed by atoms with Gasteiger partial charge in [-0.05, 0) is 70.3 Å². The topological polar surface area (TPSA) is 175 Å². The molecule has 0 atom stereocenters. The first-order valence-corrected chi connectivity index (χ1v) is 16.8. The summed E-state index contributed by atoms with van der Waals surface area (Å²) in [6.07, 6.45) is 15.6. The highest BCUT2D eigenvalue weighted by molar-refractivity contribution is 6.32. The molecular weight excluding hydrogens is 624 g/mol. The number of anilines is 1. The molecule has 2 aliphatic heterocycles. The molecule has 0 aromatic carbocycles. The van der Waals surface area contributed by atoms with Crippen molar-refractivity contribution in [1.82, 2.24) is 14.9 Å². The van der Waals surface area contributed by atoms with E-state index in [1.54, 1.807) is 12.3 Å². The monoisotopic (exact) mass is 672 g/mol. The summed E-state index contributed by atoms with van der Waals surface area (Å²) in [6, 6.07) is 7.58. The van der Waals surface area contributed by atoms with Crippen LogP contribution in [0.1, 0.15) is 78.6 Å². The van der Waals surface area contributed by atoms with E-state index in [1.165, 1.54) is 70.2 Å². The van der Waals surface area contributed by atoms with Crippen LogP contribution in [0, 0.1) is 54.7 Å². The van der Waals surface area contributed by atoms with E-state index in [9.17, 15) is 20.2 Å². The van der Waals surface area contributed by atoms with Gasteiger partial charge < -0.3 is 14.5 Å². The molecule has 2 aromatic heterocycles. The van der Waals surface area contributed by atoms with Crippen molar-refractivity contribution in [3.63, 3.8) is 0 Å². The van der Waals surface area contributed by atoms with Gasteiger partial charge in [0.2, 0.25) is 0 Å². The van der Waals surface area contributed by atoms with Crippen molar-refractivity contribution in [3.05, 3.63) is 62.2 Å². The number of nitriles is 2. The van der Waals surface area contributed by atoms with Gasteiger partial charge in [0.25, 0.3) is 0 Å². The molecule has 0 bridgehead atoms. The second kappa shape index (κ2) is 25.2. The third-order valence-corrected chi connectivity index (χ3v) is 8.21. The molecule has 0 spiro atoms. The van der Waals surface area contributed by atoms with Crippen molar-refractivity contribution < 1.29 is 14.6 Å². The Morgan fingerprint density at radius 3 is 1.68 bits per heavy atom. The van der Waals surface area contributed by atoms with Crippen LogP contribution in [-0.4, -0.2) is 70.7 Å². The molecular formula is C33H49ClN8O5. The van der Waals surface area contributed by atoms with E-state index in [1.807, 2.05) is 4.90 Å². The van der Waals surface area contributed by atoms with Gasteiger partial charge in [-0.1, -0.05) is 51.6 Å². The zero-order chi connectivity index (χ0) is 34.9. The van der Waals surface area contributed by atoms with Crippen molar-refractivity contribution in [2.75, 3.05) is 50.8 Å². The van der Waals surface area contributed by atoms with Gasteiger partial charge in [-0.15, -0.1) is 0 Å². The average Bonchev–Trinajstić information content (AvgIpc) is 3.71. The fourth-order valence-corrected chi connectivity index (χ4v) is 5.13. The number of rotatable bonds is 6. The van der Waals surface area contributed by atoms with Gasteiger partial charge in [0.15, 0.2) is 0 Å². The number of pyridine rings is 2. The Balaban J connectivity index is 0.000000316. The highest BCUT2D eigenvalue weighted by Gasteiger charge is 2.24. The molecule has 258 valence electrons. The van der Waals surface area contributed by atoms with Crippen LogP contribution < -0.4 is 4.90 Å². The first-order valence-electron chi connectivity index (χ1n) is 16.4. The first kappa shape index (κ1) is 41.1. The fraction of sp³-hybridized carbons (Fsp3) is 0.636. The number of piperidine rings is 1. The van der Waals surface area contributed by atoms with Gasteiger partial charge in [0, 0.05) is 50.5 Å². The number of aromatic nitrogens is 2. The first-order chi connectivity index (χ1) is 22.7. The third kappa shape index (κ3) is 17.0. The molecule has 13 nitrogen and oxygen atoms in total. The summed E-state index contributed by atoms with van der Waals surface area (Å²) >= 11 is 5.44. The average molecular weight is 673 g/mol. The Morgan fingerprint density at radius 1 is 0.830 bits per heavy atom. The predicted octanol–water partition coefficient (Wildman–Crippen LogP) is 7.61. The van der Waals surface area contributed by atoms with E-state index in [4.69, 9.17) is 26.9 Å². The minimum atomic E-state index is -0.574. The quantitative estimate of drug-likeness (QED) is 0.218. The number of halogens is 1.